The van der Waals surface area contributed by atoms with Gasteiger partial charge in [0.25, 0.3) is 5.91 Å². The van der Waals surface area contributed by atoms with E-state index in [0.717, 1.165) is 11.1 Å². The molecule has 2 atom stereocenters. The third-order valence-corrected chi connectivity index (χ3v) is 7.03. The predicted molar refractivity (Wildman–Crippen MR) is 120 cm³/mol. The van der Waals surface area contributed by atoms with Crippen LogP contribution in [0.4, 0.5) is 0 Å². The summed E-state index contributed by atoms with van der Waals surface area (Å²) in [5, 5.41) is 2.95. The maximum absolute atomic E-state index is 13.5. The zero-order chi connectivity index (χ0) is 22.1. The molecule has 1 aromatic heterocycles. The van der Waals surface area contributed by atoms with Crippen molar-refractivity contribution in [3.8, 4) is 11.5 Å². The molecule has 0 spiro atoms. The third kappa shape index (κ3) is 3.91. The second-order valence-corrected chi connectivity index (χ2v) is 8.88. The summed E-state index contributed by atoms with van der Waals surface area (Å²) >= 11 is 7.81. The molecule has 1 saturated heterocycles. The molecule has 0 bridgehead atoms. The third-order valence-electron chi connectivity index (χ3n) is 5.37. The first kappa shape index (κ1) is 20.8. The normalized spacial score (nSPS) is 19.2. The first-order chi connectivity index (χ1) is 15.6. The Kier molecular flexibility index (Phi) is 5.71. The van der Waals surface area contributed by atoms with Gasteiger partial charge in [-0.05, 0) is 35.9 Å². The van der Waals surface area contributed by atoms with E-state index in [0.29, 0.717) is 34.4 Å². The van der Waals surface area contributed by atoms with E-state index in [9.17, 15) is 9.59 Å². The molecule has 0 radical (unpaired) electrons. The molecule has 0 aliphatic carbocycles. The summed E-state index contributed by atoms with van der Waals surface area (Å²) in [4.78, 5) is 28.2. The Labute approximate surface area is 193 Å². The number of benzene rings is 2. The average molecular weight is 471 g/mol. The minimum atomic E-state index is -0.655. The van der Waals surface area contributed by atoms with E-state index < -0.39 is 6.04 Å². The van der Waals surface area contributed by atoms with E-state index in [1.165, 1.54) is 11.8 Å². The number of amides is 2. The first-order valence-corrected chi connectivity index (χ1v) is 11.4. The fourth-order valence-corrected chi connectivity index (χ4v) is 5.38. The smallest absolute Gasteiger partial charge is 0.257 e. The average Bonchev–Trinajstić information content (AvgIpc) is 3.57. The van der Waals surface area contributed by atoms with Crippen LogP contribution in [0.3, 0.4) is 0 Å². The lowest BCUT2D eigenvalue weighted by Gasteiger charge is -2.28. The van der Waals surface area contributed by atoms with E-state index in [2.05, 4.69) is 5.32 Å². The second kappa shape index (κ2) is 8.80. The van der Waals surface area contributed by atoms with Crippen molar-refractivity contribution in [1.29, 1.82) is 0 Å². The van der Waals surface area contributed by atoms with Crippen LogP contribution in [0.2, 0.25) is 5.02 Å². The molecule has 2 aliphatic rings. The predicted octanol–water partition coefficient (Wildman–Crippen LogP) is 4.23. The molecule has 32 heavy (non-hydrogen) atoms. The minimum absolute atomic E-state index is 0.193. The topological polar surface area (TPSA) is 81.0 Å². The molecule has 164 valence electrons. The van der Waals surface area contributed by atoms with Crippen LogP contribution < -0.4 is 14.8 Å². The zero-order valence-electron chi connectivity index (χ0n) is 16.8. The lowest BCUT2D eigenvalue weighted by atomic mass is 10.1. The van der Waals surface area contributed by atoms with Gasteiger partial charge in [-0.2, -0.15) is 0 Å². The van der Waals surface area contributed by atoms with Gasteiger partial charge < -0.3 is 24.1 Å². The standard InChI is InChI=1S/C23H19ClN2O5S/c24-17-4-2-1-3-16(17)22(28)26-18(12-32-23(26)15-7-8-29-11-15)21(27)25-10-14-5-6-19-20(9-14)31-13-30-19/h1-9,11,18,23H,10,12-13H2,(H,25,27). The van der Waals surface area contributed by atoms with E-state index in [-0.39, 0.29) is 24.0 Å². The van der Waals surface area contributed by atoms with Gasteiger partial charge in [0, 0.05) is 17.9 Å². The van der Waals surface area contributed by atoms with Crippen molar-refractivity contribution in [3.05, 3.63) is 82.8 Å². The Morgan fingerprint density at radius 2 is 1.97 bits per heavy atom. The van der Waals surface area contributed by atoms with E-state index in [4.69, 9.17) is 25.5 Å². The van der Waals surface area contributed by atoms with Crippen LogP contribution in [0.1, 0.15) is 26.9 Å². The van der Waals surface area contributed by atoms with Crippen molar-refractivity contribution < 1.29 is 23.5 Å². The van der Waals surface area contributed by atoms with Gasteiger partial charge in [0.2, 0.25) is 12.7 Å². The molecule has 5 rings (SSSR count). The second-order valence-electron chi connectivity index (χ2n) is 7.36. The molecule has 7 nitrogen and oxygen atoms in total. The molecule has 2 aromatic carbocycles. The summed E-state index contributed by atoms with van der Waals surface area (Å²) in [6, 6.07) is 13.5. The lowest BCUT2D eigenvalue weighted by molar-refractivity contribution is -0.125. The summed E-state index contributed by atoms with van der Waals surface area (Å²) in [5.74, 6) is 1.27. The first-order valence-electron chi connectivity index (χ1n) is 9.99. The molecule has 1 N–H and O–H groups in total. The summed E-state index contributed by atoms with van der Waals surface area (Å²) in [5.41, 5.74) is 2.06. The van der Waals surface area contributed by atoms with Crippen molar-refractivity contribution in [2.75, 3.05) is 12.5 Å². The minimum Gasteiger partial charge on any atom is -0.472 e. The van der Waals surface area contributed by atoms with E-state index in [1.807, 2.05) is 18.2 Å². The lowest BCUT2D eigenvalue weighted by Crippen LogP contribution is -2.47. The highest BCUT2D eigenvalue weighted by Crippen LogP contribution is 2.43. The molecular weight excluding hydrogens is 452 g/mol. The largest absolute Gasteiger partial charge is 0.472 e. The fraction of sp³-hybridized carbons (Fsp3) is 0.217. The number of carbonyl (C=O) groups is 2. The quantitative estimate of drug-likeness (QED) is 0.601. The number of furan rings is 1. The summed E-state index contributed by atoms with van der Waals surface area (Å²) in [6.07, 6.45) is 3.15. The number of nitrogens with one attached hydrogen (secondary N) is 1. The maximum atomic E-state index is 13.5. The highest BCUT2D eigenvalue weighted by molar-refractivity contribution is 7.99. The van der Waals surface area contributed by atoms with Crippen LogP contribution in [0.25, 0.3) is 0 Å². The van der Waals surface area contributed by atoms with Crippen LogP contribution in [0.5, 0.6) is 11.5 Å². The molecule has 3 heterocycles. The maximum Gasteiger partial charge on any atom is 0.257 e. The molecule has 9 heteroatoms. The van der Waals surface area contributed by atoms with Crippen LogP contribution in [-0.4, -0.2) is 35.3 Å². The molecule has 1 fully saturated rings. The van der Waals surface area contributed by atoms with Crippen molar-refractivity contribution >= 4 is 35.2 Å². The van der Waals surface area contributed by atoms with Gasteiger partial charge in [-0.25, -0.2) is 0 Å². The number of nitrogens with zero attached hydrogens (tertiary/aromatic N) is 1. The fourth-order valence-electron chi connectivity index (χ4n) is 3.76. The van der Waals surface area contributed by atoms with Crippen LogP contribution in [0.15, 0.2) is 65.5 Å². The number of fused-ring (bicyclic) bond motifs is 1. The number of carbonyl (C=O) groups excluding carboxylic acids is 2. The Morgan fingerprint density at radius 3 is 2.78 bits per heavy atom. The highest BCUT2D eigenvalue weighted by Gasteiger charge is 2.43. The molecule has 0 saturated carbocycles. The van der Waals surface area contributed by atoms with Gasteiger partial charge in [0.1, 0.15) is 11.4 Å². The van der Waals surface area contributed by atoms with Gasteiger partial charge in [-0.3, -0.25) is 9.59 Å². The number of thioether (sulfide) groups is 1. The summed E-state index contributed by atoms with van der Waals surface area (Å²) < 4.78 is 15.9. The van der Waals surface area contributed by atoms with Crippen LogP contribution in [-0.2, 0) is 11.3 Å². The van der Waals surface area contributed by atoms with Gasteiger partial charge >= 0.3 is 0 Å². The van der Waals surface area contributed by atoms with Crippen LogP contribution >= 0.6 is 23.4 Å². The van der Waals surface area contributed by atoms with Crippen molar-refractivity contribution in [1.82, 2.24) is 10.2 Å². The van der Waals surface area contributed by atoms with Gasteiger partial charge in [-0.15, -0.1) is 11.8 Å². The number of rotatable bonds is 5. The van der Waals surface area contributed by atoms with Gasteiger partial charge in [-0.1, -0.05) is 29.8 Å². The Morgan fingerprint density at radius 1 is 1.12 bits per heavy atom. The van der Waals surface area contributed by atoms with Gasteiger partial charge in [0.15, 0.2) is 11.5 Å². The Hall–Kier alpha value is -3.10. The number of ether oxygens (including phenoxy) is 2. The monoisotopic (exact) mass is 470 g/mol. The number of hydrogen-bond acceptors (Lipinski definition) is 6. The van der Waals surface area contributed by atoms with E-state index >= 15 is 0 Å². The molecular formula is C23H19ClN2O5S. The van der Waals surface area contributed by atoms with Crippen molar-refractivity contribution in [2.24, 2.45) is 0 Å². The van der Waals surface area contributed by atoms with Gasteiger partial charge in [0.05, 0.1) is 23.1 Å². The molecule has 2 amide bonds. The molecule has 3 aromatic rings. The summed E-state index contributed by atoms with van der Waals surface area (Å²) in [6.45, 7) is 0.500. The highest BCUT2D eigenvalue weighted by atomic mass is 35.5. The van der Waals surface area contributed by atoms with Crippen LogP contribution in [0, 0.1) is 0 Å². The van der Waals surface area contributed by atoms with Crippen molar-refractivity contribution in [2.45, 2.75) is 18.0 Å². The summed E-state index contributed by atoms with van der Waals surface area (Å²) in [7, 11) is 0. The van der Waals surface area contributed by atoms with E-state index in [1.54, 1.807) is 47.8 Å². The number of hydrogen-bond donors (Lipinski definition) is 1. The zero-order valence-corrected chi connectivity index (χ0v) is 18.4. The molecule has 2 unspecified atom stereocenters. The number of halogens is 1. The Balaban J connectivity index is 1.37. The van der Waals surface area contributed by atoms with Crippen molar-refractivity contribution in [3.63, 3.8) is 0 Å². The Bertz CT molecular complexity index is 1150. The SMILES string of the molecule is O=C(NCc1ccc2c(c1)OCO2)C1CSC(c2ccoc2)N1C(=O)c1ccccc1Cl. The molecule has 2 aliphatic heterocycles.